The third kappa shape index (κ3) is 3.78. The van der Waals surface area contributed by atoms with Crippen LogP contribution in [0.25, 0.3) is 16.4 Å². The highest BCUT2D eigenvalue weighted by atomic mass is 32.1. The van der Waals surface area contributed by atoms with Gasteiger partial charge in [-0.1, -0.05) is 25.5 Å². The summed E-state index contributed by atoms with van der Waals surface area (Å²) in [5.41, 5.74) is 1.19. The molecular formula is C20H16F3N5OS. The van der Waals surface area contributed by atoms with Crippen LogP contribution in [0.1, 0.15) is 35.0 Å². The van der Waals surface area contributed by atoms with Gasteiger partial charge in [0.25, 0.3) is 5.91 Å². The molecule has 0 saturated carbocycles. The molecule has 0 fully saturated rings. The minimum absolute atomic E-state index is 0.253. The first-order chi connectivity index (χ1) is 14.4. The van der Waals surface area contributed by atoms with Crippen LogP contribution in [0.4, 0.5) is 13.2 Å². The standard InChI is InChI=1S/C20H16F3N5OS/c1-2-4-17-15(18(29)27-8-7-24-12-27)10-25-28(17)19-26-16(11-30-19)13-5-3-6-14(9-13)20(21,22)23/h3,5-12H,2,4H2,1H3. The van der Waals surface area contributed by atoms with Crippen molar-refractivity contribution in [2.75, 3.05) is 0 Å². The van der Waals surface area contributed by atoms with Crippen molar-refractivity contribution < 1.29 is 18.0 Å². The van der Waals surface area contributed by atoms with Crippen LogP contribution in [0, 0.1) is 0 Å². The van der Waals surface area contributed by atoms with Gasteiger partial charge >= 0.3 is 6.18 Å². The molecule has 4 aromatic rings. The molecule has 10 heteroatoms. The normalized spacial score (nSPS) is 11.7. The summed E-state index contributed by atoms with van der Waals surface area (Å²) in [5.74, 6) is -0.253. The Morgan fingerprint density at radius 2 is 2.10 bits per heavy atom. The van der Waals surface area contributed by atoms with E-state index in [0.717, 1.165) is 18.6 Å². The van der Waals surface area contributed by atoms with Gasteiger partial charge in [-0.25, -0.2) is 14.6 Å². The monoisotopic (exact) mass is 431 g/mol. The van der Waals surface area contributed by atoms with Gasteiger partial charge in [0.05, 0.1) is 28.7 Å². The van der Waals surface area contributed by atoms with Gasteiger partial charge in [0, 0.05) is 23.3 Å². The second-order valence-electron chi connectivity index (χ2n) is 6.54. The Bertz CT molecular complexity index is 1180. The lowest BCUT2D eigenvalue weighted by Crippen LogP contribution is -2.13. The number of carbonyl (C=O) groups is 1. The van der Waals surface area contributed by atoms with E-state index in [9.17, 15) is 18.0 Å². The van der Waals surface area contributed by atoms with E-state index in [1.54, 1.807) is 22.3 Å². The van der Waals surface area contributed by atoms with Crippen LogP contribution in [0.2, 0.25) is 0 Å². The predicted molar refractivity (Wildman–Crippen MR) is 106 cm³/mol. The zero-order valence-corrected chi connectivity index (χ0v) is 16.6. The maximum Gasteiger partial charge on any atom is 0.416 e. The van der Waals surface area contributed by atoms with Crippen molar-refractivity contribution in [3.05, 3.63) is 71.4 Å². The van der Waals surface area contributed by atoms with Gasteiger partial charge in [-0.2, -0.15) is 18.3 Å². The van der Waals surface area contributed by atoms with Crippen molar-refractivity contribution in [3.63, 3.8) is 0 Å². The van der Waals surface area contributed by atoms with Crippen molar-refractivity contribution in [1.29, 1.82) is 0 Å². The summed E-state index contributed by atoms with van der Waals surface area (Å²) in [5, 5.41) is 6.49. The van der Waals surface area contributed by atoms with Crippen LogP contribution >= 0.6 is 11.3 Å². The average Bonchev–Trinajstić information content (AvgIpc) is 3.47. The highest BCUT2D eigenvalue weighted by Gasteiger charge is 2.30. The fraction of sp³-hybridized carbons (Fsp3) is 0.200. The molecule has 3 heterocycles. The third-order valence-corrected chi connectivity index (χ3v) is 5.30. The van der Waals surface area contributed by atoms with E-state index in [1.807, 2.05) is 6.92 Å². The van der Waals surface area contributed by atoms with E-state index in [2.05, 4.69) is 15.1 Å². The highest BCUT2D eigenvalue weighted by Crippen LogP contribution is 2.33. The van der Waals surface area contributed by atoms with Gasteiger partial charge in [-0.05, 0) is 18.6 Å². The molecule has 154 valence electrons. The van der Waals surface area contributed by atoms with Crippen molar-refractivity contribution in [2.45, 2.75) is 25.9 Å². The van der Waals surface area contributed by atoms with Crippen LogP contribution in [-0.2, 0) is 12.6 Å². The molecule has 0 saturated heterocycles. The molecule has 0 unspecified atom stereocenters. The number of rotatable bonds is 5. The highest BCUT2D eigenvalue weighted by molar-refractivity contribution is 7.12. The average molecular weight is 431 g/mol. The Balaban J connectivity index is 1.71. The lowest BCUT2D eigenvalue weighted by molar-refractivity contribution is -0.137. The number of aromatic nitrogens is 5. The van der Waals surface area contributed by atoms with E-state index < -0.39 is 11.7 Å². The molecule has 30 heavy (non-hydrogen) atoms. The van der Waals surface area contributed by atoms with E-state index in [1.165, 1.54) is 40.7 Å². The lowest BCUT2D eigenvalue weighted by Gasteiger charge is -2.07. The lowest BCUT2D eigenvalue weighted by atomic mass is 10.1. The largest absolute Gasteiger partial charge is 0.416 e. The molecule has 3 aromatic heterocycles. The maximum atomic E-state index is 13.0. The number of imidazole rings is 1. The van der Waals surface area contributed by atoms with Crippen molar-refractivity contribution >= 4 is 17.2 Å². The quantitative estimate of drug-likeness (QED) is 0.453. The number of hydrogen-bond donors (Lipinski definition) is 0. The summed E-state index contributed by atoms with van der Waals surface area (Å²) in [6.07, 6.45) is 2.93. The molecule has 0 bridgehead atoms. The molecule has 0 radical (unpaired) electrons. The van der Waals surface area contributed by atoms with E-state index in [4.69, 9.17) is 0 Å². The number of thiazole rings is 1. The Labute approximate surface area is 173 Å². The molecule has 4 rings (SSSR count). The Morgan fingerprint density at radius 3 is 2.80 bits per heavy atom. The summed E-state index contributed by atoms with van der Waals surface area (Å²) in [6, 6.07) is 5.04. The van der Waals surface area contributed by atoms with Gasteiger partial charge in [0.1, 0.15) is 6.33 Å². The second-order valence-corrected chi connectivity index (χ2v) is 7.37. The molecule has 0 aliphatic rings. The first kappa shape index (κ1) is 20.0. The number of nitrogens with zero attached hydrogens (tertiary/aromatic N) is 5. The van der Waals surface area contributed by atoms with Crippen LogP contribution in [0.5, 0.6) is 0 Å². The molecule has 0 aliphatic carbocycles. The van der Waals surface area contributed by atoms with Gasteiger partial charge in [0.2, 0.25) is 5.13 Å². The van der Waals surface area contributed by atoms with Crippen molar-refractivity contribution in [3.8, 4) is 16.4 Å². The summed E-state index contributed by atoms with van der Waals surface area (Å²) in [6.45, 7) is 1.98. The van der Waals surface area contributed by atoms with Gasteiger partial charge in [-0.15, -0.1) is 11.3 Å². The minimum atomic E-state index is -4.42. The maximum absolute atomic E-state index is 13.0. The van der Waals surface area contributed by atoms with E-state index >= 15 is 0 Å². The first-order valence-corrected chi connectivity index (χ1v) is 9.99. The molecular weight excluding hydrogens is 415 g/mol. The Kier molecular flexibility index (Phi) is 5.25. The molecule has 1 aromatic carbocycles. The fourth-order valence-corrected chi connectivity index (χ4v) is 3.88. The number of halogens is 3. The molecule has 0 aliphatic heterocycles. The topological polar surface area (TPSA) is 65.6 Å². The first-order valence-electron chi connectivity index (χ1n) is 9.11. The summed E-state index contributed by atoms with van der Waals surface area (Å²) < 4.78 is 42.0. The molecule has 6 nitrogen and oxygen atoms in total. The Morgan fingerprint density at radius 1 is 1.27 bits per heavy atom. The van der Waals surface area contributed by atoms with Gasteiger partial charge in [0.15, 0.2) is 0 Å². The Hall–Kier alpha value is -3.27. The van der Waals surface area contributed by atoms with Crippen LogP contribution in [0.15, 0.2) is 54.6 Å². The smallest absolute Gasteiger partial charge is 0.272 e. The van der Waals surface area contributed by atoms with Crippen LogP contribution in [0.3, 0.4) is 0 Å². The van der Waals surface area contributed by atoms with Crippen LogP contribution < -0.4 is 0 Å². The van der Waals surface area contributed by atoms with Crippen molar-refractivity contribution in [1.82, 2.24) is 24.3 Å². The SMILES string of the molecule is CCCc1c(C(=O)n2ccnc2)cnn1-c1nc(-c2cccc(C(F)(F)F)c2)cs1. The summed E-state index contributed by atoms with van der Waals surface area (Å²) >= 11 is 1.25. The molecule has 0 amide bonds. The number of benzene rings is 1. The van der Waals surface area contributed by atoms with E-state index in [0.29, 0.717) is 34.1 Å². The van der Waals surface area contributed by atoms with Gasteiger partial charge in [-0.3, -0.25) is 9.36 Å². The second kappa shape index (κ2) is 7.86. The molecule has 0 spiro atoms. The number of carbonyl (C=O) groups excluding carboxylic acids is 1. The predicted octanol–water partition coefficient (Wildman–Crippen LogP) is 4.85. The number of hydrogen-bond acceptors (Lipinski definition) is 5. The summed E-state index contributed by atoms with van der Waals surface area (Å²) in [4.78, 5) is 21.1. The minimum Gasteiger partial charge on any atom is -0.272 e. The molecule has 0 atom stereocenters. The van der Waals surface area contributed by atoms with Crippen LogP contribution in [-0.4, -0.2) is 30.2 Å². The fourth-order valence-electron chi connectivity index (χ4n) is 3.06. The zero-order chi connectivity index (χ0) is 21.3. The third-order valence-electron chi connectivity index (χ3n) is 4.48. The summed E-state index contributed by atoms with van der Waals surface area (Å²) in [7, 11) is 0. The zero-order valence-electron chi connectivity index (χ0n) is 15.8. The number of alkyl halides is 3. The van der Waals surface area contributed by atoms with Crippen molar-refractivity contribution in [2.24, 2.45) is 0 Å². The van der Waals surface area contributed by atoms with E-state index in [-0.39, 0.29) is 5.91 Å². The van der Waals surface area contributed by atoms with Gasteiger partial charge < -0.3 is 0 Å². The molecule has 0 N–H and O–H groups in total.